The minimum atomic E-state index is 0.204. The molecule has 0 fully saturated rings. The Bertz CT molecular complexity index is 586. The number of rotatable bonds is 6. The zero-order valence-electron chi connectivity index (χ0n) is 12.7. The van der Waals surface area contributed by atoms with Crippen LogP contribution in [0.4, 0.5) is 5.82 Å². The molecule has 112 valence electrons. The van der Waals surface area contributed by atoms with Crippen molar-refractivity contribution in [1.29, 1.82) is 0 Å². The summed E-state index contributed by atoms with van der Waals surface area (Å²) in [6.45, 7) is 6.75. The predicted octanol–water partition coefficient (Wildman–Crippen LogP) is 2.95. The summed E-state index contributed by atoms with van der Waals surface area (Å²) in [6.07, 6.45) is 0. The summed E-state index contributed by atoms with van der Waals surface area (Å²) >= 11 is 0. The maximum Gasteiger partial charge on any atom is 0.221 e. The average molecular weight is 287 g/mol. The van der Waals surface area contributed by atoms with E-state index in [4.69, 9.17) is 15.2 Å². The van der Waals surface area contributed by atoms with Gasteiger partial charge in [0.15, 0.2) is 0 Å². The Labute approximate surface area is 125 Å². The quantitative estimate of drug-likeness (QED) is 0.827. The molecular weight excluding hydrogens is 266 g/mol. The Morgan fingerprint density at radius 2 is 1.71 bits per heavy atom. The highest BCUT2D eigenvalue weighted by Crippen LogP contribution is 2.22. The van der Waals surface area contributed by atoms with Crippen molar-refractivity contribution in [1.82, 2.24) is 9.97 Å². The number of nitrogen functional groups attached to an aromatic ring is 1. The predicted molar refractivity (Wildman–Crippen MR) is 82.7 cm³/mol. The number of nitrogens with two attached hydrogens (primary N) is 1. The molecule has 0 aliphatic carbocycles. The van der Waals surface area contributed by atoms with Crippen LogP contribution in [0, 0.1) is 6.92 Å². The molecule has 0 saturated carbocycles. The maximum atomic E-state index is 5.89. The van der Waals surface area contributed by atoms with E-state index in [1.165, 1.54) is 0 Å². The van der Waals surface area contributed by atoms with Gasteiger partial charge in [0.05, 0.1) is 5.56 Å². The molecule has 0 atom stereocenters. The van der Waals surface area contributed by atoms with Crippen molar-refractivity contribution in [3.8, 4) is 11.6 Å². The molecule has 2 N–H and O–H groups in total. The zero-order valence-corrected chi connectivity index (χ0v) is 12.7. The van der Waals surface area contributed by atoms with Crippen LogP contribution in [0.3, 0.4) is 0 Å². The second-order valence-electron chi connectivity index (χ2n) is 5.06. The van der Waals surface area contributed by atoms with E-state index in [0.29, 0.717) is 30.7 Å². The third kappa shape index (κ3) is 4.08. The van der Waals surface area contributed by atoms with Crippen LogP contribution in [-0.2, 0) is 0 Å². The first-order valence-electron chi connectivity index (χ1n) is 7.02. The van der Waals surface area contributed by atoms with Crippen LogP contribution < -0.4 is 15.2 Å². The Morgan fingerprint density at radius 3 is 2.38 bits per heavy atom. The number of benzene rings is 1. The van der Waals surface area contributed by atoms with Gasteiger partial charge in [0, 0.05) is 5.92 Å². The maximum absolute atomic E-state index is 5.89. The largest absolute Gasteiger partial charge is 0.490 e. The molecule has 2 rings (SSSR count). The Balaban J connectivity index is 1.93. The number of para-hydroxylation sites is 1. The highest BCUT2D eigenvalue weighted by atomic mass is 16.5. The van der Waals surface area contributed by atoms with Gasteiger partial charge in [0.1, 0.15) is 30.6 Å². The van der Waals surface area contributed by atoms with E-state index in [1.807, 2.05) is 51.1 Å². The minimum Gasteiger partial charge on any atom is -0.490 e. The fraction of sp³-hybridized carbons (Fsp3) is 0.375. The van der Waals surface area contributed by atoms with Gasteiger partial charge < -0.3 is 15.2 Å². The number of hydrogen-bond donors (Lipinski definition) is 1. The second-order valence-corrected chi connectivity index (χ2v) is 5.06. The van der Waals surface area contributed by atoms with E-state index in [2.05, 4.69) is 9.97 Å². The second kappa shape index (κ2) is 6.92. The molecule has 1 aromatic carbocycles. The fourth-order valence-corrected chi connectivity index (χ4v) is 1.74. The van der Waals surface area contributed by atoms with Gasteiger partial charge in [-0.2, -0.15) is 4.98 Å². The van der Waals surface area contributed by atoms with Crippen molar-refractivity contribution >= 4 is 5.82 Å². The molecule has 5 nitrogen and oxygen atoms in total. The van der Waals surface area contributed by atoms with E-state index in [1.54, 1.807) is 0 Å². The van der Waals surface area contributed by atoms with Crippen LogP contribution in [0.15, 0.2) is 30.3 Å². The van der Waals surface area contributed by atoms with Gasteiger partial charge in [-0.3, -0.25) is 0 Å². The van der Waals surface area contributed by atoms with Gasteiger partial charge in [-0.15, -0.1) is 0 Å². The topological polar surface area (TPSA) is 70.3 Å². The number of aromatic nitrogens is 2. The lowest BCUT2D eigenvalue weighted by molar-refractivity contribution is 0.210. The number of ether oxygens (including phenoxy) is 2. The van der Waals surface area contributed by atoms with Crippen molar-refractivity contribution in [2.45, 2.75) is 26.7 Å². The molecule has 0 aliphatic heterocycles. The summed E-state index contributed by atoms with van der Waals surface area (Å²) in [5.41, 5.74) is 6.66. The van der Waals surface area contributed by atoms with Gasteiger partial charge in [0.2, 0.25) is 5.88 Å². The van der Waals surface area contributed by atoms with Crippen LogP contribution in [0.25, 0.3) is 0 Å². The van der Waals surface area contributed by atoms with Crippen LogP contribution in [0.5, 0.6) is 11.6 Å². The van der Waals surface area contributed by atoms with Crippen LogP contribution >= 0.6 is 0 Å². The molecule has 0 saturated heterocycles. The molecule has 1 aromatic heterocycles. The first kappa shape index (κ1) is 15.1. The molecule has 0 amide bonds. The van der Waals surface area contributed by atoms with Gasteiger partial charge in [-0.1, -0.05) is 32.0 Å². The summed E-state index contributed by atoms with van der Waals surface area (Å²) in [4.78, 5) is 8.67. The Morgan fingerprint density at radius 1 is 1.05 bits per heavy atom. The lowest BCUT2D eigenvalue weighted by atomic mass is 10.2. The van der Waals surface area contributed by atoms with Crippen molar-refractivity contribution in [2.75, 3.05) is 18.9 Å². The standard InChI is InChI=1S/C16H21N3O2/c1-11(2)15-18-14(17)12(3)16(19-15)21-10-9-20-13-7-5-4-6-8-13/h4-8,11H,9-10H2,1-3H3,(H2,17,18,19). The zero-order chi connectivity index (χ0) is 15.2. The summed E-state index contributed by atoms with van der Waals surface area (Å²) in [6, 6.07) is 9.63. The smallest absolute Gasteiger partial charge is 0.221 e. The molecule has 1 heterocycles. The van der Waals surface area contributed by atoms with Crippen molar-refractivity contribution in [3.63, 3.8) is 0 Å². The first-order valence-corrected chi connectivity index (χ1v) is 7.02. The molecule has 0 unspecified atom stereocenters. The summed E-state index contributed by atoms with van der Waals surface area (Å²) < 4.78 is 11.2. The summed E-state index contributed by atoms with van der Waals surface area (Å²) in [5.74, 6) is 2.71. The SMILES string of the molecule is Cc1c(N)nc(C(C)C)nc1OCCOc1ccccc1. The van der Waals surface area contributed by atoms with Crippen molar-refractivity contribution in [3.05, 3.63) is 41.7 Å². The first-order chi connectivity index (χ1) is 10.1. The number of nitrogens with zero attached hydrogens (tertiary/aromatic N) is 2. The molecular formula is C16H21N3O2. The Hall–Kier alpha value is -2.30. The average Bonchev–Trinajstić information content (AvgIpc) is 2.48. The van der Waals surface area contributed by atoms with E-state index >= 15 is 0 Å². The molecule has 21 heavy (non-hydrogen) atoms. The third-order valence-corrected chi connectivity index (χ3v) is 3.01. The van der Waals surface area contributed by atoms with Crippen LogP contribution in [0.2, 0.25) is 0 Å². The molecule has 0 aliphatic rings. The lowest BCUT2D eigenvalue weighted by Gasteiger charge is -2.13. The molecule has 0 radical (unpaired) electrons. The molecule has 5 heteroatoms. The van der Waals surface area contributed by atoms with Gasteiger partial charge in [-0.25, -0.2) is 4.98 Å². The van der Waals surface area contributed by atoms with Crippen LogP contribution in [-0.4, -0.2) is 23.2 Å². The van der Waals surface area contributed by atoms with Crippen molar-refractivity contribution < 1.29 is 9.47 Å². The van der Waals surface area contributed by atoms with Crippen molar-refractivity contribution in [2.24, 2.45) is 0 Å². The lowest BCUT2D eigenvalue weighted by Crippen LogP contribution is -2.13. The fourth-order valence-electron chi connectivity index (χ4n) is 1.74. The van der Waals surface area contributed by atoms with Crippen LogP contribution in [0.1, 0.15) is 31.2 Å². The molecule has 2 aromatic rings. The van der Waals surface area contributed by atoms with E-state index in [9.17, 15) is 0 Å². The number of anilines is 1. The summed E-state index contributed by atoms with van der Waals surface area (Å²) in [7, 11) is 0. The normalized spacial score (nSPS) is 10.7. The Kier molecular flexibility index (Phi) is 4.98. The number of hydrogen-bond acceptors (Lipinski definition) is 5. The highest BCUT2D eigenvalue weighted by molar-refractivity contribution is 5.44. The third-order valence-electron chi connectivity index (χ3n) is 3.01. The van der Waals surface area contributed by atoms with E-state index < -0.39 is 0 Å². The monoisotopic (exact) mass is 287 g/mol. The minimum absolute atomic E-state index is 0.204. The van der Waals surface area contributed by atoms with E-state index in [0.717, 1.165) is 11.3 Å². The van der Waals surface area contributed by atoms with Gasteiger partial charge in [0.25, 0.3) is 0 Å². The van der Waals surface area contributed by atoms with Gasteiger partial charge in [-0.05, 0) is 19.1 Å². The molecule has 0 spiro atoms. The summed E-state index contributed by atoms with van der Waals surface area (Å²) in [5, 5.41) is 0. The van der Waals surface area contributed by atoms with Gasteiger partial charge >= 0.3 is 0 Å². The molecule has 0 bridgehead atoms. The van der Waals surface area contributed by atoms with E-state index in [-0.39, 0.29) is 5.92 Å². The highest BCUT2D eigenvalue weighted by Gasteiger charge is 2.12.